The molecule has 2 saturated heterocycles. The Hall–Kier alpha value is -3.89. The molecule has 8 nitrogen and oxygen atoms in total. The minimum atomic E-state index is -2.91. The van der Waals surface area contributed by atoms with Gasteiger partial charge < -0.3 is 15.1 Å². The summed E-state index contributed by atoms with van der Waals surface area (Å²) in [5.41, 5.74) is 1.37. The molecule has 0 spiro atoms. The molecule has 0 unspecified atom stereocenters. The van der Waals surface area contributed by atoms with E-state index in [0.29, 0.717) is 39.8 Å². The molecular weight excluding hydrogens is 500 g/mol. The van der Waals surface area contributed by atoms with Crippen LogP contribution in [0.3, 0.4) is 0 Å². The van der Waals surface area contributed by atoms with Crippen LogP contribution in [0.25, 0.3) is 5.65 Å². The van der Waals surface area contributed by atoms with E-state index in [1.165, 1.54) is 41.0 Å². The highest BCUT2D eigenvalue weighted by atomic mass is 19.1. The van der Waals surface area contributed by atoms with E-state index in [2.05, 4.69) is 15.4 Å². The Morgan fingerprint density at radius 3 is 2.69 bits per heavy atom. The Balaban J connectivity index is 1.21. The summed E-state index contributed by atoms with van der Waals surface area (Å²) in [6, 6.07) is 10.4. The number of anilines is 2. The summed E-state index contributed by atoms with van der Waals surface area (Å²) in [6.07, 6.45) is 4.43. The van der Waals surface area contributed by atoms with Gasteiger partial charge in [-0.1, -0.05) is 12.1 Å². The van der Waals surface area contributed by atoms with Crippen LogP contribution < -0.4 is 10.2 Å². The normalized spacial score (nSPS) is 26.8. The van der Waals surface area contributed by atoms with Crippen LogP contribution in [0.15, 0.2) is 60.9 Å². The molecule has 39 heavy (non-hydrogen) atoms. The summed E-state index contributed by atoms with van der Waals surface area (Å²) in [7, 11) is 0.998. The highest BCUT2D eigenvalue weighted by Crippen LogP contribution is 2.37. The number of rotatable bonds is 6. The van der Waals surface area contributed by atoms with Crippen LogP contribution in [-0.2, 0) is 6.54 Å². The number of likely N-dealkylation sites (N-methyl/N-ethyl adjacent to an activating group) is 1. The third-order valence-electron chi connectivity index (χ3n) is 6.73. The Labute approximate surface area is 237 Å². The van der Waals surface area contributed by atoms with Gasteiger partial charge in [-0.15, -0.1) is 0 Å². The molecule has 202 valence electrons. The second kappa shape index (κ2) is 10.7. The minimum Gasteiger partial charge on any atom is -0.349 e. The molecule has 0 aliphatic carbocycles. The van der Waals surface area contributed by atoms with E-state index in [1.54, 1.807) is 12.3 Å². The molecule has 1 N–H and O–H groups in total. The number of piperazine rings is 1. The second-order valence-electron chi connectivity index (χ2n) is 9.37. The number of hydrogen-bond donors (Lipinski definition) is 1. The van der Waals surface area contributed by atoms with Crippen LogP contribution in [0.4, 0.5) is 20.3 Å². The molecule has 10 heteroatoms. The Bertz CT molecular complexity index is 1810. The molecule has 6 rings (SSSR count). The summed E-state index contributed by atoms with van der Waals surface area (Å²) < 4.78 is 96.4. The lowest BCUT2D eigenvalue weighted by Gasteiger charge is -2.32. The molecule has 0 saturated carbocycles. The number of carbonyl (C=O) groups excluding carboxylic acids is 1. The van der Waals surface area contributed by atoms with Gasteiger partial charge in [0.2, 0.25) is 0 Å². The zero-order chi connectivity index (χ0) is 34.1. The van der Waals surface area contributed by atoms with Crippen molar-refractivity contribution in [1.82, 2.24) is 24.4 Å². The van der Waals surface area contributed by atoms with Crippen LogP contribution in [0.5, 0.6) is 0 Å². The highest BCUT2D eigenvalue weighted by Gasteiger charge is 2.30. The number of benzene rings is 2. The predicted octanol–water partition coefficient (Wildman–Crippen LogP) is 4.35. The van der Waals surface area contributed by atoms with Gasteiger partial charge in [0.1, 0.15) is 23.1 Å². The summed E-state index contributed by atoms with van der Waals surface area (Å²) in [5, 5.41) is 7.01. The zero-order valence-electron chi connectivity index (χ0n) is 29.0. The molecule has 4 aromatic rings. The number of halogens is 2. The number of amides is 1. The average Bonchev–Trinajstić information content (AvgIpc) is 3.67. The fourth-order valence-corrected chi connectivity index (χ4v) is 4.79. The minimum absolute atomic E-state index is 0.195. The van der Waals surface area contributed by atoms with Gasteiger partial charge in [-0.25, -0.2) is 18.3 Å². The first-order valence-corrected chi connectivity index (χ1v) is 12.4. The maximum atomic E-state index is 14.6. The lowest BCUT2D eigenvalue weighted by atomic mass is 10.0. The van der Waals surface area contributed by atoms with Crippen molar-refractivity contribution in [2.75, 3.05) is 49.8 Å². The summed E-state index contributed by atoms with van der Waals surface area (Å²) in [5.74, 6) is -1.06. The molecule has 1 atom stereocenters. The standard InChI is InChI=1S/C29H31F2N7O/c1-35-13-15-36(16-14-35)19-20-4-6-21(7-5-20)29(39)33-25-18-32-38-12-10-27(34-28(25)38)37-11-2-3-26(37)23-17-22(30)8-9-24(23)31/h4-10,12,17-18,26H,2-3,11,13-16,19H2,1H3,(H,33,39)/t26-/m1/s1/i13D2,14D2,15D2,16D2. The molecule has 0 bridgehead atoms. The van der Waals surface area contributed by atoms with Crippen LogP contribution in [0, 0.1) is 11.6 Å². The van der Waals surface area contributed by atoms with E-state index in [4.69, 9.17) is 11.0 Å². The van der Waals surface area contributed by atoms with Crippen LogP contribution in [0.1, 0.15) is 51.3 Å². The Morgan fingerprint density at radius 1 is 1.10 bits per heavy atom. The quantitative estimate of drug-likeness (QED) is 0.393. The van der Waals surface area contributed by atoms with Crippen molar-refractivity contribution in [1.29, 1.82) is 0 Å². The smallest absolute Gasteiger partial charge is 0.255 e. The van der Waals surface area contributed by atoms with Gasteiger partial charge in [0.15, 0.2) is 5.65 Å². The number of aromatic nitrogens is 3. The van der Waals surface area contributed by atoms with Crippen molar-refractivity contribution in [2.24, 2.45) is 0 Å². The Kier molecular flexibility index (Phi) is 4.84. The number of carbonyl (C=O) groups is 1. The summed E-state index contributed by atoms with van der Waals surface area (Å²) >= 11 is 0. The number of nitrogens with zero attached hydrogens (tertiary/aromatic N) is 6. The molecule has 2 aliphatic rings. The van der Waals surface area contributed by atoms with E-state index >= 15 is 0 Å². The monoisotopic (exact) mass is 539 g/mol. The first kappa shape index (κ1) is 17.6. The Morgan fingerprint density at radius 2 is 1.90 bits per heavy atom. The number of nitrogens with one attached hydrogen (secondary N) is 1. The molecular formula is C29H31F2N7O. The van der Waals surface area contributed by atoms with E-state index in [1.807, 2.05) is 4.90 Å². The van der Waals surface area contributed by atoms with Crippen LogP contribution in [0.2, 0.25) is 0 Å². The van der Waals surface area contributed by atoms with Gasteiger partial charge in [0.05, 0.1) is 12.2 Å². The van der Waals surface area contributed by atoms with E-state index in [0.717, 1.165) is 25.6 Å². The van der Waals surface area contributed by atoms with Gasteiger partial charge in [-0.3, -0.25) is 9.69 Å². The molecule has 0 radical (unpaired) electrons. The van der Waals surface area contributed by atoms with Crippen molar-refractivity contribution in [3.63, 3.8) is 0 Å². The van der Waals surface area contributed by atoms with Gasteiger partial charge in [0, 0.05) is 67.4 Å². The van der Waals surface area contributed by atoms with E-state index in [9.17, 15) is 13.6 Å². The number of hydrogen-bond acceptors (Lipinski definition) is 6. The summed E-state index contributed by atoms with van der Waals surface area (Å²) in [6.45, 7) is -11.5. The maximum Gasteiger partial charge on any atom is 0.255 e. The van der Waals surface area contributed by atoms with Crippen molar-refractivity contribution >= 4 is 23.1 Å². The molecule has 2 fully saturated rings. The maximum absolute atomic E-state index is 14.6. The predicted molar refractivity (Wildman–Crippen MR) is 146 cm³/mol. The van der Waals surface area contributed by atoms with Crippen LogP contribution >= 0.6 is 0 Å². The molecule has 2 aromatic carbocycles. The average molecular weight is 540 g/mol. The molecule has 2 aliphatic heterocycles. The largest absolute Gasteiger partial charge is 0.349 e. The lowest BCUT2D eigenvalue weighted by molar-refractivity contribution is 0.102. The molecule has 1 amide bonds. The number of fused-ring (bicyclic) bond motifs is 1. The van der Waals surface area contributed by atoms with Crippen molar-refractivity contribution < 1.29 is 24.5 Å². The fourth-order valence-electron chi connectivity index (χ4n) is 4.79. The second-order valence-corrected chi connectivity index (χ2v) is 9.37. The van der Waals surface area contributed by atoms with Gasteiger partial charge in [-0.2, -0.15) is 5.10 Å². The van der Waals surface area contributed by atoms with Crippen molar-refractivity contribution in [3.8, 4) is 0 Å². The third-order valence-corrected chi connectivity index (χ3v) is 6.73. The SMILES string of the molecule is [2H]C1([2H])N(C)C([2H])([2H])C([2H])([2H])N(Cc2ccc(C(=O)Nc3cnn4ccc(N5CCC[C@@H]5c5cc(F)ccc5F)nc34)cc2)C1([2H])[2H]. The van der Waals surface area contributed by atoms with Crippen molar-refractivity contribution in [2.45, 2.75) is 25.4 Å². The van der Waals surface area contributed by atoms with Gasteiger partial charge in [-0.05, 0) is 61.9 Å². The van der Waals surface area contributed by atoms with E-state index < -0.39 is 56.1 Å². The van der Waals surface area contributed by atoms with Crippen molar-refractivity contribution in [3.05, 3.63) is 89.2 Å². The molecule has 4 heterocycles. The fraction of sp³-hybridized carbons (Fsp3) is 0.345. The van der Waals surface area contributed by atoms with Crippen LogP contribution in [-0.4, -0.2) is 69.9 Å². The first-order valence-electron chi connectivity index (χ1n) is 16.4. The zero-order valence-corrected chi connectivity index (χ0v) is 21.0. The topological polar surface area (TPSA) is 69.0 Å². The first-order chi connectivity index (χ1) is 22.0. The van der Waals surface area contributed by atoms with E-state index in [-0.39, 0.29) is 16.8 Å². The van der Waals surface area contributed by atoms with Gasteiger partial charge in [0.25, 0.3) is 5.91 Å². The highest BCUT2D eigenvalue weighted by molar-refractivity contribution is 6.06. The summed E-state index contributed by atoms with van der Waals surface area (Å²) in [4.78, 5) is 20.7. The third kappa shape index (κ3) is 5.35. The molecule has 2 aromatic heterocycles. The van der Waals surface area contributed by atoms with Gasteiger partial charge >= 0.3 is 0 Å². The lowest BCUT2D eigenvalue weighted by Crippen LogP contribution is -2.43.